The molecule has 2 atom stereocenters. The van der Waals surface area contributed by atoms with Crippen molar-refractivity contribution in [2.24, 2.45) is 11.7 Å². The van der Waals surface area contributed by atoms with E-state index in [1.807, 2.05) is 24.3 Å². The molecule has 1 amide bonds. The fourth-order valence-electron chi connectivity index (χ4n) is 2.72. The molecule has 3 rings (SSSR count). The second-order valence-corrected chi connectivity index (χ2v) is 5.16. The van der Waals surface area contributed by atoms with Crippen molar-refractivity contribution in [2.75, 3.05) is 5.32 Å². The van der Waals surface area contributed by atoms with Crippen LogP contribution in [-0.2, 0) is 4.79 Å². The number of aromatic nitrogens is 1. The van der Waals surface area contributed by atoms with Crippen molar-refractivity contribution in [1.29, 1.82) is 0 Å². The lowest BCUT2D eigenvalue weighted by atomic mass is 10.1. The third-order valence-electron chi connectivity index (χ3n) is 3.78. The van der Waals surface area contributed by atoms with Crippen LogP contribution in [0, 0.1) is 5.92 Å². The van der Waals surface area contributed by atoms with Crippen LogP contribution in [-0.4, -0.2) is 16.9 Å². The molecule has 3 N–H and O–H groups in total. The first-order chi connectivity index (χ1) is 9.24. The highest BCUT2D eigenvalue weighted by atomic mass is 16.1. The molecule has 1 aromatic heterocycles. The number of rotatable bonds is 2. The Balaban J connectivity index is 1.83. The summed E-state index contributed by atoms with van der Waals surface area (Å²) in [6.07, 6.45) is 6.16. The van der Waals surface area contributed by atoms with Gasteiger partial charge in [-0.25, -0.2) is 0 Å². The number of amides is 1. The van der Waals surface area contributed by atoms with Crippen LogP contribution in [0.5, 0.6) is 0 Å². The molecule has 1 aliphatic carbocycles. The Labute approximate surface area is 112 Å². The summed E-state index contributed by atoms with van der Waals surface area (Å²) in [6, 6.07) is 7.94. The van der Waals surface area contributed by atoms with Crippen LogP contribution in [0.3, 0.4) is 0 Å². The molecule has 1 saturated carbocycles. The minimum absolute atomic E-state index is 0.0482. The van der Waals surface area contributed by atoms with E-state index in [0.29, 0.717) is 0 Å². The summed E-state index contributed by atoms with van der Waals surface area (Å²) in [5, 5.41) is 5.08. The van der Waals surface area contributed by atoms with Gasteiger partial charge in [0.05, 0.1) is 0 Å². The van der Waals surface area contributed by atoms with Crippen molar-refractivity contribution in [3.63, 3.8) is 0 Å². The summed E-state index contributed by atoms with van der Waals surface area (Å²) < 4.78 is 0. The Morgan fingerprint density at radius 3 is 3.00 bits per heavy atom. The molecular weight excluding hydrogens is 238 g/mol. The highest BCUT2D eigenvalue weighted by Gasteiger charge is 2.27. The number of pyridine rings is 1. The van der Waals surface area contributed by atoms with Gasteiger partial charge in [-0.1, -0.05) is 12.1 Å². The van der Waals surface area contributed by atoms with Crippen molar-refractivity contribution in [1.82, 2.24) is 4.98 Å². The van der Waals surface area contributed by atoms with E-state index >= 15 is 0 Å². The van der Waals surface area contributed by atoms with Gasteiger partial charge in [-0.15, -0.1) is 0 Å². The number of carbonyl (C=O) groups excluding carboxylic acids is 1. The monoisotopic (exact) mass is 255 g/mol. The summed E-state index contributed by atoms with van der Waals surface area (Å²) in [7, 11) is 0. The summed E-state index contributed by atoms with van der Waals surface area (Å²) in [6.45, 7) is 0. The molecular formula is C15H17N3O. The Kier molecular flexibility index (Phi) is 3.17. The van der Waals surface area contributed by atoms with Crippen molar-refractivity contribution < 1.29 is 4.79 Å². The molecule has 0 aliphatic heterocycles. The van der Waals surface area contributed by atoms with E-state index in [0.717, 1.165) is 35.7 Å². The molecule has 98 valence electrons. The topological polar surface area (TPSA) is 68.0 Å². The Bertz CT molecular complexity index is 606. The fourth-order valence-corrected chi connectivity index (χ4v) is 2.72. The van der Waals surface area contributed by atoms with Crippen molar-refractivity contribution >= 4 is 22.4 Å². The molecule has 0 bridgehead atoms. The zero-order chi connectivity index (χ0) is 13.2. The predicted octanol–water partition coefficient (Wildman–Crippen LogP) is 2.30. The quantitative estimate of drug-likeness (QED) is 0.865. The van der Waals surface area contributed by atoms with Gasteiger partial charge < -0.3 is 11.1 Å². The van der Waals surface area contributed by atoms with E-state index in [-0.39, 0.29) is 17.9 Å². The third kappa shape index (κ3) is 2.44. The smallest absolute Gasteiger partial charge is 0.227 e. The fraction of sp³-hybridized carbons (Fsp3) is 0.333. The molecule has 4 nitrogen and oxygen atoms in total. The number of benzene rings is 1. The first-order valence-electron chi connectivity index (χ1n) is 6.63. The van der Waals surface area contributed by atoms with Gasteiger partial charge in [-0.05, 0) is 31.4 Å². The van der Waals surface area contributed by atoms with Gasteiger partial charge in [-0.2, -0.15) is 0 Å². The minimum Gasteiger partial charge on any atom is -0.328 e. The molecule has 0 saturated heterocycles. The van der Waals surface area contributed by atoms with Crippen LogP contribution >= 0.6 is 0 Å². The van der Waals surface area contributed by atoms with E-state index < -0.39 is 0 Å². The van der Waals surface area contributed by atoms with Crippen LogP contribution in [0.4, 0.5) is 5.69 Å². The van der Waals surface area contributed by atoms with Gasteiger partial charge in [0.25, 0.3) is 0 Å². The number of hydrogen-bond donors (Lipinski definition) is 2. The summed E-state index contributed by atoms with van der Waals surface area (Å²) >= 11 is 0. The van der Waals surface area contributed by atoms with Crippen LogP contribution in [0.25, 0.3) is 10.8 Å². The number of anilines is 1. The second-order valence-electron chi connectivity index (χ2n) is 5.16. The SMILES string of the molecule is N[C@@H]1CC[C@H](C(=O)Nc2cccc3cnccc23)C1. The molecule has 0 spiro atoms. The second kappa shape index (κ2) is 4.97. The maximum atomic E-state index is 12.2. The number of hydrogen-bond acceptors (Lipinski definition) is 3. The average molecular weight is 255 g/mol. The van der Waals surface area contributed by atoms with Gasteiger partial charge in [-0.3, -0.25) is 9.78 Å². The van der Waals surface area contributed by atoms with Crippen LogP contribution in [0.2, 0.25) is 0 Å². The zero-order valence-electron chi connectivity index (χ0n) is 10.7. The molecule has 1 fully saturated rings. The van der Waals surface area contributed by atoms with Crippen molar-refractivity contribution in [3.8, 4) is 0 Å². The summed E-state index contributed by atoms with van der Waals surface area (Å²) in [5.74, 6) is 0.129. The van der Waals surface area contributed by atoms with E-state index in [2.05, 4.69) is 10.3 Å². The van der Waals surface area contributed by atoms with E-state index in [4.69, 9.17) is 5.73 Å². The molecule has 1 aliphatic rings. The number of nitrogens with one attached hydrogen (secondary N) is 1. The third-order valence-corrected chi connectivity index (χ3v) is 3.78. The molecule has 2 aromatic rings. The maximum Gasteiger partial charge on any atom is 0.227 e. The zero-order valence-corrected chi connectivity index (χ0v) is 10.7. The van der Waals surface area contributed by atoms with Crippen molar-refractivity contribution in [2.45, 2.75) is 25.3 Å². The highest BCUT2D eigenvalue weighted by Crippen LogP contribution is 2.27. The van der Waals surface area contributed by atoms with Gasteiger partial charge in [0, 0.05) is 40.8 Å². The molecule has 1 heterocycles. The summed E-state index contributed by atoms with van der Waals surface area (Å²) in [5.41, 5.74) is 6.71. The van der Waals surface area contributed by atoms with E-state index in [9.17, 15) is 4.79 Å². The minimum atomic E-state index is 0.0482. The van der Waals surface area contributed by atoms with Crippen molar-refractivity contribution in [3.05, 3.63) is 36.7 Å². The Morgan fingerprint density at radius 2 is 2.21 bits per heavy atom. The lowest BCUT2D eigenvalue weighted by Crippen LogP contribution is -2.23. The van der Waals surface area contributed by atoms with Gasteiger partial charge >= 0.3 is 0 Å². The standard InChI is InChI=1S/C15H17N3O/c16-12-5-4-10(8-12)15(19)18-14-3-1-2-11-9-17-7-6-13(11)14/h1-3,6-7,9-10,12H,4-5,8,16H2,(H,18,19)/t10-,12+/m0/s1. The van der Waals surface area contributed by atoms with Gasteiger partial charge in [0.15, 0.2) is 0 Å². The van der Waals surface area contributed by atoms with Gasteiger partial charge in [0.2, 0.25) is 5.91 Å². The Hall–Kier alpha value is -1.94. The first-order valence-corrected chi connectivity index (χ1v) is 6.63. The van der Waals surface area contributed by atoms with Crippen LogP contribution in [0.15, 0.2) is 36.7 Å². The Morgan fingerprint density at radius 1 is 1.32 bits per heavy atom. The maximum absolute atomic E-state index is 12.2. The predicted molar refractivity (Wildman–Crippen MR) is 75.7 cm³/mol. The van der Waals surface area contributed by atoms with Gasteiger partial charge in [0.1, 0.15) is 0 Å². The number of carbonyl (C=O) groups is 1. The normalized spacial score (nSPS) is 22.6. The molecule has 19 heavy (non-hydrogen) atoms. The first kappa shape index (κ1) is 12.1. The van der Waals surface area contributed by atoms with E-state index in [1.165, 1.54) is 0 Å². The largest absolute Gasteiger partial charge is 0.328 e. The summed E-state index contributed by atoms with van der Waals surface area (Å²) in [4.78, 5) is 16.3. The molecule has 0 unspecified atom stereocenters. The average Bonchev–Trinajstić information content (AvgIpc) is 2.86. The lowest BCUT2D eigenvalue weighted by Gasteiger charge is -2.12. The molecule has 4 heteroatoms. The lowest BCUT2D eigenvalue weighted by molar-refractivity contribution is -0.119. The van der Waals surface area contributed by atoms with Crippen LogP contribution < -0.4 is 11.1 Å². The van der Waals surface area contributed by atoms with E-state index in [1.54, 1.807) is 12.4 Å². The van der Waals surface area contributed by atoms with Crippen LogP contribution in [0.1, 0.15) is 19.3 Å². The molecule has 0 radical (unpaired) electrons. The number of nitrogens with zero attached hydrogens (tertiary/aromatic N) is 1. The number of fused-ring (bicyclic) bond motifs is 1. The molecule has 1 aromatic carbocycles. The number of nitrogens with two attached hydrogens (primary N) is 1. The highest BCUT2D eigenvalue weighted by molar-refractivity contribution is 6.02.